The third kappa shape index (κ3) is 2.15. The summed E-state index contributed by atoms with van der Waals surface area (Å²) >= 11 is 11.7. The van der Waals surface area contributed by atoms with Crippen LogP contribution >= 0.6 is 23.2 Å². The number of halogens is 2. The minimum absolute atomic E-state index is 0.570. The predicted octanol–water partition coefficient (Wildman–Crippen LogP) is 3.28. The second-order valence-corrected chi connectivity index (χ2v) is 4.43. The summed E-state index contributed by atoms with van der Waals surface area (Å²) in [6, 6.07) is 1.84. The molecule has 0 saturated heterocycles. The predicted molar refractivity (Wildman–Crippen MR) is 67.3 cm³/mol. The Morgan fingerprint density at radius 3 is 2.94 bits per heavy atom. The van der Waals surface area contributed by atoms with Gasteiger partial charge in [-0.25, -0.2) is 9.97 Å². The minimum atomic E-state index is 0.570. The molecule has 0 N–H and O–H groups in total. The Kier molecular flexibility index (Phi) is 3.66. The van der Waals surface area contributed by atoms with E-state index in [1.54, 1.807) is 6.20 Å². The topological polar surface area (TPSA) is 30.7 Å². The van der Waals surface area contributed by atoms with Crippen molar-refractivity contribution in [3.63, 3.8) is 0 Å². The average Bonchev–Trinajstić information content (AvgIpc) is 2.57. The van der Waals surface area contributed by atoms with Crippen LogP contribution in [0, 0.1) is 0 Å². The molecule has 0 amide bonds. The molecule has 3 nitrogen and oxygen atoms in total. The fourth-order valence-electron chi connectivity index (χ4n) is 1.77. The molecule has 2 rings (SSSR count). The lowest BCUT2D eigenvalue weighted by atomic mass is 10.4. The minimum Gasteiger partial charge on any atom is -0.313 e. The number of hydrogen-bond acceptors (Lipinski definition) is 2. The van der Waals surface area contributed by atoms with Gasteiger partial charge in [0.15, 0.2) is 5.65 Å². The van der Waals surface area contributed by atoms with Crippen LogP contribution in [0.1, 0.15) is 19.2 Å². The number of pyridine rings is 1. The Bertz CT molecular complexity index is 493. The molecule has 0 aromatic carbocycles. The highest BCUT2D eigenvalue weighted by molar-refractivity contribution is 6.31. The van der Waals surface area contributed by atoms with E-state index in [1.807, 2.05) is 6.07 Å². The van der Waals surface area contributed by atoms with Crippen LogP contribution in [0.5, 0.6) is 0 Å². The van der Waals surface area contributed by atoms with E-state index >= 15 is 0 Å². The van der Waals surface area contributed by atoms with E-state index in [0.717, 1.165) is 36.4 Å². The van der Waals surface area contributed by atoms with Crippen molar-refractivity contribution in [2.45, 2.75) is 26.3 Å². The average molecular weight is 258 g/mol. The van der Waals surface area contributed by atoms with E-state index in [2.05, 4.69) is 21.5 Å². The number of rotatable bonds is 4. The third-order valence-corrected chi connectivity index (χ3v) is 2.79. The number of fused-ring (bicyclic) bond motifs is 1. The lowest BCUT2D eigenvalue weighted by Crippen LogP contribution is -2.04. The summed E-state index contributed by atoms with van der Waals surface area (Å²) in [5, 5.41) is 0.617. The molecule has 0 aliphatic carbocycles. The Balaban J connectivity index is 2.56. The Morgan fingerprint density at radius 2 is 2.25 bits per heavy atom. The Labute approximate surface area is 104 Å². The van der Waals surface area contributed by atoms with Crippen molar-refractivity contribution in [3.05, 3.63) is 23.1 Å². The third-order valence-electron chi connectivity index (χ3n) is 2.40. The fourth-order valence-corrected chi connectivity index (χ4v) is 2.09. The summed E-state index contributed by atoms with van der Waals surface area (Å²) in [7, 11) is 0. The molecule has 0 unspecified atom stereocenters. The van der Waals surface area contributed by atoms with Gasteiger partial charge >= 0.3 is 0 Å². The Hall–Kier alpha value is -0.800. The van der Waals surface area contributed by atoms with Crippen molar-refractivity contribution in [2.24, 2.45) is 0 Å². The quantitative estimate of drug-likeness (QED) is 0.788. The monoisotopic (exact) mass is 257 g/mol. The molecule has 16 heavy (non-hydrogen) atoms. The van der Waals surface area contributed by atoms with Gasteiger partial charge in [-0.2, -0.15) is 0 Å². The fraction of sp³-hybridized carbons (Fsp3) is 0.455. The molecular formula is C11H13Cl2N3. The summed E-state index contributed by atoms with van der Waals surface area (Å²) in [4.78, 5) is 8.84. The first kappa shape index (κ1) is 11.7. The second-order valence-electron chi connectivity index (χ2n) is 3.61. The highest BCUT2D eigenvalue weighted by Crippen LogP contribution is 2.19. The molecule has 2 aromatic rings. The molecule has 0 radical (unpaired) electrons. The van der Waals surface area contributed by atoms with E-state index in [9.17, 15) is 0 Å². The first-order valence-electron chi connectivity index (χ1n) is 5.33. The maximum absolute atomic E-state index is 5.90. The van der Waals surface area contributed by atoms with Gasteiger partial charge in [-0.3, -0.25) is 0 Å². The number of alkyl halides is 1. The van der Waals surface area contributed by atoms with Gasteiger partial charge < -0.3 is 4.57 Å². The van der Waals surface area contributed by atoms with Crippen LogP contribution in [-0.4, -0.2) is 20.4 Å². The molecule has 2 aromatic heterocycles. The van der Waals surface area contributed by atoms with Gasteiger partial charge in [-0.05, 0) is 12.5 Å². The molecule has 2 heterocycles. The van der Waals surface area contributed by atoms with Crippen LogP contribution in [0.25, 0.3) is 11.2 Å². The van der Waals surface area contributed by atoms with E-state index in [1.165, 1.54) is 0 Å². The zero-order valence-electron chi connectivity index (χ0n) is 9.08. The number of nitrogens with zero attached hydrogens (tertiary/aromatic N) is 3. The molecule has 0 bridgehead atoms. The molecule has 0 aliphatic rings. The van der Waals surface area contributed by atoms with Crippen molar-refractivity contribution in [1.29, 1.82) is 0 Å². The van der Waals surface area contributed by atoms with Crippen LogP contribution in [0.3, 0.4) is 0 Å². The molecular weight excluding hydrogens is 245 g/mol. The van der Waals surface area contributed by atoms with Gasteiger partial charge in [0.05, 0.1) is 5.02 Å². The van der Waals surface area contributed by atoms with Crippen molar-refractivity contribution in [3.8, 4) is 0 Å². The van der Waals surface area contributed by atoms with Crippen molar-refractivity contribution < 1.29 is 0 Å². The zero-order chi connectivity index (χ0) is 11.5. The van der Waals surface area contributed by atoms with Gasteiger partial charge in [0.25, 0.3) is 0 Å². The van der Waals surface area contributed by atoms with Crippen LogP contribution < -0.4 is 0 Å². The summed E-state index contributed by atoms with van der Waals surface area (Å²) in [6.07, 6.45) is 3.46. The number of imidazole rings is 1. The first-order valence-corrected chi connectivity index (χ1v) is 6.24. The summed E-state index contributed by atoms with van der Waals surface area (Å²) in [6.45, 7) is 3.05. The Morgan fingerprint density at radius 1 is 1.44 bits per heavy atom. The largest absolute Gasteiger partial charge is 0.313 e. The normalized spacial score (nSPS) is 11.2. The molecule has 0 fully saturated rings. The van der Waals surface area contributed by atoms with Gasteiger partial charge in [0, 0.05) is 25.0 Å². The lowest BCUT2D eigenvalue weighted by molar-refractivity contribution is 0.655. The number of aryl methyl sites for hydroxylation is 2. The van der Waals surface area contributed by atoms with Gasteiger partial charge in [0.2, 0.25) is 0 Å². The molecule has 0 atom stereocenters. The second kappa shape index (κ2) is 5.02. The van der Waals surface area contributed by atoms with E-state index in [4.69, 9.17) is 23.2 Å². The SMILES string of the molecule is CCCn1c(CCCl)nc2cc(Cl)cnc21. The molecule has 86 valence electrons. The lowest BCUT2D eigenvalue weighted by Gasteiger charge is -2.05. The first-order chi connectivity index (χ1) is 7.76. The van der Waals surface area contributed by atoms with Crippen LogP contribution in [0.4, 0.5) is 0 Å². The van der Waals surface area contributed by atoms with Crippen LogP contribution in [-0.2, 0) is 13.0 Å². The van der Waals surface area contributed by atoms with E-state index < -0.39 is 0 Å². The van der Waals surface area contributed by atoms with Crippen LogP contribution in [0.15, 0.2) is 12.3 Å². The van der Waals surface area contributed by atoms with Gasteiger partial charge in [-0.1, -0.05) is 18.5 Å². The van der Waals surface area contributed by atoms with Crippen molar-refractivity contribution >= 4 is 34.4 Å². The van der Waals surface area contributed by atoms with E-state index in [-0.39, 0.29) is 0 Å². The van der Waals surface area contributed by atoms with Gasteiger partial charge in [-0.15, -0.1) is 11.6 Å². The van der Waals surface area contributed by atoms with Gasteiger partial charge in [0.1, 0.15) is 11.3 Å². The maximum Gasteiger partial charge on any atom is 0.160 e. The van der Waals surface area contributed by atoms with Crippen molar-refractivity contribution in [1.82, 2.24) is 14.5 Å². The molecule has 0 saturated carbocycles. The number of aromatic nitrogens is 3. The smallest absolute Gasteiger partial charge is 0.160 e. The summed E-state index contributed by atoms with van der Waals surface area (Å²) in [5.74, 6) is 1.56. The molecule has 0 spiro atoms. The molecule has 0 aliphatic heterocycles. The summed E-state index contributed by atoms with van der Waals surface area (Å²) in [5.41, 5.74) is 1.74. The van der Waals surface area contributed by atoms with Crippen LogP contribution in [0.2, 0.25) is 5.02 Å². The molecule has 5 heteroatoms. The standard InChI is InChI=1S/C11H13Cl2N3/c1-2-5-16-10(3-4-12)15-9-6-8(13)7-14-11(9)16/h6-7H,2-5H2,1H3. The number of hydrogen-bond donors (Lipinski definition) is 0. The summed E-state index contributed by atoms with van der Waals surface area (Å²) < 4.78 is 2.12. The highest BCUT2D eigenvalue weighted by atomic mass is 35.5. The highest BCUT2D eigenvalue weighted by Gasteiger charge is 2.10. The maximum atomic E-state index is 5.90. The van der Waals surface area contributed by atoms with Crippen molar-refractivity contribution in [2.75, 3.05) is 5.88 Å². The van der Waals surface area contributed by atoms with E-state index in [0.29, 0.717) is 10.9 Å². The zero-order valence-corrected chi connectivity index (χ0v) is 10.6.